The van der Waals surface area contributed by atoms with E-state index in [0.717, 1.165) is 60.4 Å². The molecule has 1 aromatic carbocycles. The number of nitrogens with zero attached hydrogens (tertiary/aromatic N) is 6. The summed E-state index contributed by atoms with van der Waals surface area (Å²) in [6.07, 6.45) is 7.85. The summed E-state index contributed by atoms with van der Waals surface area (Å²) in [6.45, 7) is 6.16. The van der Waals surface area contributed by atoms with Crippen LogP contribution in [0.2, 0.25) is 0 Å². The van der Waals surface area contributed by atoms with Gasteiger partial charge in [-0.15, -0.1) is 0 Å². The minimum atomic E-state index is -0.455. The number of piperidine rings is 1. The van der Waals surface area contributed by atoms with Crippen LogP contribution in [0.4, 0.5) is 5.95 Å². The molecule has 0 saturated carbocycles. The van der Waals surface area contributed by atoms with E-state index >= 15 is 0 Å². The zero-order chi connectivity index (χ0) is 25.9. The van der Waals surface area contributed by atoms with Crippen LogP contribution in [0.1, 0.15) is 61.1 Å². The molecule has 1 saturated heterocycles. The molecule has 190 valence electrons. The van der Waals surface area contributed by atoms with E-state index in [1.54, 1.807) is 12.4 Å². The predicted octanol–water partition coefficient (Wildman–Crippen LogP) is 4.77. The fourth-order valence-corrected chi connectivity index (χ4v) is 5.24. The van der Waals surface area contributed by atoms with Gasteiger partial charge in [0.15, 0.2) is 0 Å². The number of imidazole rings is 1. The standard InChI is InChI=1S/C29H33N7O/c1-4-20-7-6-14-36-25(17-31-28(20)36)26-24(15-30)16-32-29(34-26)33-19(2)21-9-11-22(12-10-21)27(37)23-8-5-13-35(3)18-23/h6-7,9-12,14,16-17,19,23,27,37H,4-5,8,13,18H2,1-3H3,(H,32,33,34)/t19?,23?,27-/m1/s1. The number of aliphatic hydroxyl groups is 1. The molecular weight excluding hydrogens is 462 g/mol. The number of benzene rings is 1. The van der Waals surface area contributed by atoms with Crippen LogP contribution < -0.4 is 5.32 Å². The molecule has 37 heavy (non-hydrogen) atoms. The quantitative estimate of drug-likeness (QED) is 0.381. The summed E-state index contributed by atoms with van der Waals surface area (Å²) in [5.41, 5.74) is 5.72. The van der Waals surface area contributed by atoms with Crippen LogP contribution in [0.25, 0.3) is 17.0 Å². The maximum atomic E-state index is 10.9. The number of anilines is 1. The Kier molecular flexibility index (Phi) is 7.17. The molecule has 0 aliphatic carbocycles. The van der Waals surface area contributed by atoms with Gasteiger partial charge in [0.1, 0.15) is 17.4 Å². The summed E-state index contributed by atoms with van der Waals surface area (Å²) in [5, 5.41) is 24.0. The van der Waals surface area contributed by atoms with Gasteiger partial charge in [-0.3, -0.25) is 4.40 Å². The minimum absolute atomic E-state index is 0.0679. The molecule has 2 N–H and O–H groups in total. The number of aryl methyl sites for hydroxylation is 1. The normalized spacial score (nSPS) is 17.9. The van der Waals surface area contributed by atoms with Crippen LogP contribution in [-0.2, 0) is 6.42 Å². The summed E-state index contributed by atoms with van der Waals surface area (Å²) in [6, 6.07) is 14.3. The predicted molar refractivity (Wildman–Crippen MR) is 144 cm³/mol. The van der Waals surface area contributed by atoms with Crippen molar-refractivity contribution in [2.24, 2.45) is 5.92 Å². The Morgan fingerprint density at radius 3 is 2.68 bits per heavy atom. The van der Waals surface area contributed by atoms with Gasteiger partial charge >= 0.3 is 0 Å². The van der Waals surface area contributed by atoms with Crippen molar-refractivity contribution in [2.45, 2.75) is 45.3 Å². The van der Waals surface area contributed by atoms with Gasteiger partial charge in [-0.25, -0.2) is 15.0 Å². The maximum Gasteiger partial charge on any atom is 0.223 e. The molecular formula is C29H33N7O. The molecule has 2 unspecified atom stereocenters. The number of nitriles is 1. The van der Waals surface area contributed by atoms with E-state index in [4.69, 9.17) is 4.98 Å². The fourth-order valence-electron chi connectivity index (χ4n) is 5.24. The number of rotatable bonds is 7. The number of hydrogen-bond donors (Lipinski definition) is 2. The molecule has 1 aliphatic rings. The number of fused-ring (bicyclic) bond motifs is 1. The van der Waals surface area contributed by atoms with Gasteiger partial charge in [-0.05, 0) is 62.5 Å². The van der Waals surface area contributed by atoms with Crippen molar-refractivity contribution in [1.82, 2.24) is 24.3 Å². The number of hydrogen-bond acceptors (Lipinski definition) is 7. The van der Waals surface area contributed by atoms with E-state index in [2.05, 4.69) is 46.3 Å². The third-order valence-corrected chi connectivity index (χ3v) is 7.38. The Morgan fingerprint density at radius 1 is 1.16 bits per heavy atom. The van der Waals surface area contributed by atoms with Gasteiger partial charge in [0.2, 0.25) is 5.95 Å². The second kappa shape index (κ2) is 10.7. The molecule has 1 fully saturated rings. The molecule has 4 aromatic rings. The first-order chi connectivity index (χ1) is 18.0. The molecule has 0 bridgehead atoms. The third-order valence-electron chi connectivity index (χ3n) is 7.38. The van der Waals surface area contributed by atoms with Crippen LogP contribution >= 0.6 is 0 Å². The van der Waals surface area contributed by atoms with Crippen LogP contribution in [0.5, 0.6) is 0 Å². The van der Waals surface area contributed by atoms with Crippen molar-refractivity contribution in [3.8, 4) is 17.5 Å². The van der Waals surface area contributed by atoms with Gasteiger partial charge in [0.25, 0.3) is 0 Å². The number of pyridine rings is 1. The average Bonchev–Trinajstić information content (AvgIpc) is 3.37. The van der Waals surface area contributed by atoms with E-state index in [1.807, 2.05) is 47.9 Å². The van der Waals surface area contributed by atoms with Gasteiger partial charge in [0.05, 0.1) is 35.8 Å². The summed E-state index contributed by atoms with van der Waals surface area (Å²) >= 11 is 0. The van der Waals surface area contributed by atoms with Gasteiger partial charge < -0.3 is 15.3 Å². The SMILES string of the molecule is CCc1cccn2c(-c3nc(NC(C)c4ccc([C@@H](O)C5CCCN(C)C5)cc4)ncc3C#N)cnc12. The molecule has 4 heterocycles. The largest absolute Gasteiger partial charge is 0.388 e. The first-order valence-corrected chi connectivity index (χ1v) is 12.9. The highest BCUT2D eigenvalue weighted by Gasteiger charge is 2.25. The molecule has 0 amide bonds. The van der Waals surface area contributed by atoms with Crippen LogP contribution in [-0.4, -0.2) is 49.5 Å². The Balaban J connectivity index is 1.36. The number of aliphatic hydroxyl groups excluding tert-OH is 1. The van der Waals surface area contributed by atoms with Crippen molar-refractivity contribution >= 4 is 11.6 Å². The molecule has 0 spiro atoms. The summed E-state index contributed by atoms with van der Waals surface area (Å²) in [5.74, 6) is 0.705. The van der Waals surface area contributed by atoms with E-state index in [9.17, 15) is 10.4 Å². The van der Waals surface area contributed by atoms with Gasteiger partial charge in [-0.2, -0.15) is 5.26 Å². The molecule has 8 heteroatoms. The van der Waals surface area contributed by atoms with Crippen LogP contribution in [0.3, 0.4) is 0 Å². The monoisotopic (exact) mass is 495 g/mol. The third kappa shape index (κ3) is 5.06. The molecule has 1 aliphatic heterocycles. The van der Waals surface area contributed by atoms with Crippen LogP contribution in [0.15, 0.2) is 55.0 Å². The molecule has 5 rings (SSSR count). The van der Waals surface area contributed by atoms with Crippen molar-refractivity contribution in [3.05, 3.63) is 77.2 Å². The lowest BCUT2D eigenvalue weighted by Crippen LogP contribution is -2.35. The van der Waals surface area contributed by atoms with Crippen molar-refractivity contribution in [1.29, 1.82) is 5.26 Å². The van der Waals surface area contributed by atoms with E-state index in [1.165, 1.54) is 0 Å². The van der Waals surface area contributed by atoms with Gasteiger partial charge in [-0.1, -0.05) is 37.3 Å². The number of nitrogens with one attached hydrogen (secondary N) is 1. The summed E-state index contributed by atoms with van der Waals surface area (Å²) in [4.78, 5) is 16.0. The highest BCUT2D eigenvalue weighted by atomic mass is 16.3. The zero-order valence-corrected chi connectivity index (χ0v) is 21.6. The molecule has 0 radical (unpaired) electrons. The van der Waals surface area contributed by atoms with Crippen molar-refractivity contribution in [3.63, 3.8) is 0 Å². The second-order valence-electron chi connectivity index (χ2n) is 9.93. The molecule has 3 atom stereocenters. The maximum absolute atomic E-state index is 10.9. The Morgan fingerprint density at radius 2 is 1.95 bits per heavy atom. The summed E-state index contributed by atoms with van der Waals surface area (Å²) < 4.78 is 1.98. The van der Waals surface area contributed by atoms with E-state index in [-0.39, 0.29) is 12.0 Å². The summed E-state index contributed by atoms with van der Waals surface area (Å²) in [7, 11) is 2.11. The average molecular weight is 496 g/mol. The highest BCUT2D eigenvalue weighted by molar-refractivity contribution is 5.68. The lowest BCUT2D eigenvalue weighted by molar-refractivity contribution is 0.0592. The first-order valence-electron chi connectivity index (χ1n) is 12.9. The van der Waals surface area contributed by atoms with Crippen molar-refractivity contribution in [2.75, 3.05) is 25.5 Å². The first kappa shape index (κ1) is 24.9. The Hall–Kier alpha value is -3.80. The molecule has 3 aromatic heterocycles. The Labute approximate surface area is 217 Å². The van der Waals surface area contributed by atoms with Crippen LogP contribution in [0, 0.1) is 17.2 Å². The van der Waals surface area contributed by atoms with E-state index < -0.39 is 6.10 Å². The van der Waals surface area contributed by atoms with Crippen molar-refractivity contribution < 1.29 is 5.11 Å². The Bertz CT molecular complexity index is 1420. The fraction of sp³-hybridized carbons (Fsp3) is 0.379. The number of aromatic nitrogens is 4. The second-order valence-corrected chi connectivity index (χ2v) is 9.93. The number of likely N-dealkylation sites (tertiary alicyclic amines) is 1. The lowest BCUT2D eigenvalue weighted by Gasteiger charge is -2.33. The van der Waals surface area contributed by atoms with Gasteiger partial charge in [0, 0.05) is 18.7 Å². The lowest BCUT2D eigenvalue weighted by atomic mass is 9.88. The minimum Gasteiger partial charge on any atom is -0.388 e. The van der Waals surface area contributed by atoms with E-state index in [0.29, 0.717) is 17.2 Å². The smallest absolute Gasteiger partial charge is 0.223 e. The zero-order valence-electron chi connectivity index (χ0n) is 21.6. The molecule has 8 nitrogen and oxygen atoms in total. The topological polar surface area (TPSA) is 102 Å². The highest BCUT2D eigenvalue weighted by Crippen LogP contribution is 2.31.